The topological polar surface area (TPSA) is 99.2 Å². The van der Waals surface area contributed by atoms with Crippen LogP contribution in [0, 0.1) is 5.92 Å². The Morgan fingerprint density at radius 2 is 2.15 bits per heavy atom. The summed E-state index contributed by atoms with van der Waals surface area (Å²) in [5, 5.41) is 12.8. The van der Waals surface area contributed by atoms with Gasteiger partial charge >= 0.3 is 12.0 Å². The largest absolute Gasteiger partial charge is 0.467 e. The number of rotatable bonds is 1. The lowest BCUT2D eigenvalue weighted by atomic mass is 10.1. The summed E-state index contributed by atoms with van der Waals surface area (Å²) in [5.41, 5.74) is -1.07. The van der Waals surface area contributed by atoms with Gasteiger partial charge in [0.05, 0.1) is 13.2 Å². The molecular formula is C18H27N3O5. The molecule has 0 bridgehead atoms. The highest BCUT2D eigenvalue weighted by molar-refractivity contribution is 5.93. The number of aliphatic hydroxyl groups excluding tert-OH is 1. The monoisotopic (exact) mass is 365 g/mol. The summed E-state index contributed by atoms with van der Waals surface area (Å²) in [7, 11) is 3.02. The molecular weight excluding hydrogens is 338 g/mol. The van der Waals surface area contributed by atoms with Crippen LogP contribution in [0.15, 0.2) is 12.2 Å². The molecule has 0 radical (unpaired) electrons. The van der Waals surface area contributed by atoms with Crippen molar-refractivity contribution >= 4 is 17.9 Å². The first-order chi connectivity index (χ1) is 12.4. The Kier molecular flexibility index (Phi) is 5.22. The minimum atomic E-state index is -1.07. The number of fused-ring (bicyclic) bond motifs is 2. The number of urea groups is 1. The van der Waals surface area contributed by atoms with Crippen molar-refractivity contribution in [1.29, 1.82) is 0 Å². The van der Waals surface area contributed by atoms with Gasteiger partial charge in [-0.1, -0.05) is 12.2 Å². The van der Waals surface area contributed by atoms with Gasteiger partial charge in [-0.2, -0.15) is 0 Å². The fraction of sp³-hybridized carbons (Fsp3) is 0.722. The molecule has 3 rings (SSSR count). The Morgan fingerprint density at radius 1 is 1.38 bits per heavy atom. The first-order valence-corrected chi connectivity index (χ1v) is 9.16. The highest BCUT2D eigenvalue weighted by Gasteiger charge is 2.62. The Labute approximate surface area is 153 Å². The van der Waals surface area contributed by atoms with Gasteiger partial charge in [-0.25, -0.2) is 9.59 Å². The number of methoxy groups -OCH3 is 1. The van der Waals surface area contributed by atoms with Crippen LogP contribution >= 0.6 is 0 Å². The lowest BCUT2D eigenvalue weighted by molar-refractivity contribution is -0.144. The van der Waals surface area contributed by atoms with Gasteiger partial charge in [0.15, 0.2) is 0 Å². The number of carbonyl (C=O) groups is 3. The van der Waals surface area contributed by atoms with E-state index in [-0.39, 0.29) is 24.8 Å². The van der Waals surface area contributed by atoms with Gasteiger partial charge in [0, 0.05) is 32.5 Å². The Morgan fingerprint density at radius 3 is 2.88 bits per heavy atom. The molecule has 2 aliphatic heterocycles. The highest BCUT2D eigenvalue weighted by Crippen LogP contribution is 2.46. The molecule has 8 nitrogen and oxygen atoms in total. The van der Waals surface area contributed by atoms with E-state index < -0.39 is 29.7 Å². The zero-order valence-corrected chi connectivity index (χ0v) is 15.3. The summed E-state index contributed by atoms with van der Waals surface area (Å²) in [6.07, 6.45) is 6.60. The van der Waals surface area contributed by atoms with Crippen LogP contribution in [0.5, 0.6) is 0 Å². The zero-order valence-electron chi connectivity index (χ0n) is 15.3. The van der Waals surface area contributed by atoms with Gasteiger partial charge < -0.3 is 25.0 Å². The molecule has 1 saturated heterocycles. The smallest absolute Gasteiger partial charge is 0.332 e. The van der Waals surface area contributed by atoms with E-state index in [0.29, 0.717) is 13.0 Å². The zero-order chi connectivity index (χ0) is 18.9. The van der Waals surface area contributed by atoms with Gasteiger partial charge in [-0.15, -0.1) is 0 Å². The van der Waals surface area contributed by atoms with Crippen LogP contribution in [-0.4, -0.2) is 77.7 Å². The molecule has 2 fully saturated rings. The molecule has 2 heterocycles. The number of ether oxygens (including phenoxy) is 1. The van der Waals surface area contributed by atoms with Crippen LogP contribution in [0.2, 0.25) is 0 Å². The molecule has 1 aliphatic carbocycles. The molecule has 0 aromatic heterocycles. The molecule has 2 N–H and O–H groups in total. The average molecular weight is 365 g/mol. The average Bonchev–Trinajstić information content (AvgIpc) is 3.16. The fourth-order valence-corrected chi connectivity index (χ4v) is 3.90. The lowest BCUT2D eigenvalue weighted by Crippen LogP contribution is -2.55. The number of likely N-dealkylation sites (N-methyl/N-ethyl adjacent to an activating group) is 1. The van der Waals surface area contributed by atoms with E-state index in [4.69, 9.17) is 4.74 Å². The lowest BCUT2D eigenvalue weighted by Gasteiger charge is -2.29. The van der Waals surface area contributed by atoms with E-state index >= 15 is 0 Å². The molecule has 4 atom stereocenters. The number of allylic oxidation sites excluding steroid dienone is 1. The number of aliphatic hydroxyl groups is 1. The number of nitrogens with zero attached hydrogens (tertiary/aromatic N) is 2. The number of amides is 3. The fourth-order valence-electron chi connectivity index (χ4n) is 3.90. The first-order valence-electron chi connectivity index (χ1n) is 9.16. The summed E-state index contributed by atoms with van der Waals surface area (Å²) in [5.74, 6) is -0.762. The van der Waals surface area contributed by atoms with E-state index in [1.54, 1.807) is 11.9 Å². The predicted octanol–water partition coefficient (Wildman–Crippen LogP) is 0.261. The number of nitrogens with one attached hydrogen (secondary N) is 1. The third-order valence-corrected chi connectivity index (χ3v) is 5.58. The molecule has 0 aromatic carbocycles. The molecule has 8 heteroatoms. The number of esters is 1. The van der Waals surface area contributed by atoms with Crippen molar-refractivity contribution in [1.82, 2.24) is 15.1 Å². The van der Waals surface area contributed by atoms with Crippen LogP contribution in [0.4, 0.5) is 4.79 Å². The molecule has 0 unspecified atom stereocenters. The van der Waals surface area contributed by atoms with Crippen LogP contribution < -0.4 is 5.32 Å². The summed E-state index contributed by atoms with van der Waals surface area (Å²) < 4.78 is 4.89. The molecule has 3 aliphatic rings. The second-order valence-electron chi connectivity index (χ2n) is 7.45. The van der Waals surface area contributed by atoms with Crippen molar-refractivity contribution in [2.45, 2.75) is 49.8 Å². The Balaban J connectivity index is 1.86. The number of hydrogen-bond acceptors (Lipinski definition) is 5. The van der Waals surface area contributed by atoms with E-state index in [1.807, 2.05) is 12.2 Å². The second-order valence-corrected chi connectivity index (χ2v) is 7.45. The molecule has 0 aromatic rings. The molecule has 3 amide bonds. The van der Waals surface area contributed by atoms with Crippen LogP contribution in [0.3, 0.4) is 0 Å². The van der Waals surface area contributed by atoms with Gasteiger partial charge in [0.1, 0.15) is 11.6 Å². The van der Waals surface area contributed by atoms with Gasteiger partial charge in [-0.05, 0) is 25.7 Å². The van der Waals surface area contributed by atoms with E-state index in [1.165, 1.54) is 12.0 Å². The number of carbonyl (C=O) groups excluding carboxylic acids is 3. The van der Waals surface area contributed by atoms with Crippen LogP contribution in [0.1, 0.15) is 32.1 Å². The maximum absolute atomic E-state index is 12.8. The third-order valence-electron chi connectivity index (χ3n) is 5.58. The molecule has 0 spiro atoms. The van der Waals surface area contributed by atoms with Crippen molar-refractivity contribution in [3.05, 3.63) is 12.2 Å². The Bertz CT molecular complexity index is 622. The number of hydrogen-bond donors (Lipinski definition) is 2. The normalized spacial score (nSPS) is 36.5. The predicted molar refractivity (Wildman–Crippen MR) is 93.1 cm³/mol. The first kappa shape index (κ1) is 18.7. The van der Waals surface area contributed by atoms with E-state index in [0.717, 1.165) is 19.3 Å². The molecule has 26 heavy (non-hydrogen) atoms. The van der Waals surface area contributed by atoms with Crippen LogP contribution in [-0.2, 0) is 14.3 Å². The van der Waals surface area contributed by atoms with Crippen molar-refractivity contribution in [3.8, 4) is 0 Å². The van der Waals surface area contributed by atoms with E-state index in [2.05, 4.69) is 5.32 Å². The molecule has 144 valence electrons. The Hall–Kier alpha value is -2.09. The second kappa shape index (κ2) is 7.26. The van der Waals surface area contributed by atoms with E-state index in [9.17, 15) is 19.5 Å². The maximum Gasteiger partial charge on any atom is 0.332 e. The van der Waals surface area contributed by atoms with Crippen molar-refractivity contribution in [2.24, 2.45) is 5.92 Å². The molecule has 1 saturated carbocycles. The summed E-state index contributed by atoms with van der Waals surface area (Å²) in [4.78, 5) is 40.8. The highest BCUT2D eigenvalue weighted by atomic mass is 16.5. The minimum Gasteiger partial charge on any atom is -0.467 e. The minimum absolute atomic E-state index is 0.0772. The van der Waals surface area contributed by atoms with Gasteiger partial charge in [0.25, 0.3) is 0 Å². The van der Waals surface area contributed by atoms with Crippen molar-refractivity contribution in [3.63, 3.8) is 0 Å². The summed E-state index contributed by atoms with van der Waals surface area (Å²) in [6.45, 7) is 0.693. The van der Waals surface area contributed by atoms with Crippen LogP contribution in [0.25, 0.3) is 0 Å². The quantitative estimate of drug-likeness (QED) is 0.513. The summed E-state index contributed by atoms with van der Waals surface area (Å²) >= 11 is 0. The van der Waals surface area contributed by atoms with Gasteiger partial charge in [-0.3, -0.25) is 4.79 Å². The SMILES string of the molecule is COC(=O)[C@@]12C[C@H]1/C=C\CCCCN(C)C(=O)[C@@H]1C[C@@H](O)CN1C(=O)N2. The van der Waals surface area contributed by atoms with Crippen molar-refractivity contribution < 1.29 is 24.2 Å². The summed E-state index contributed by atoms with van der Waals surface area (Å²) in [6, 6.07) is -1.22. The standard InChI is InChI=1S/C18H27N3O5/c1-20-8-6-4-3-5-7-12-10-18(12,16(24)26-2)19-17(25)21-11-13(22)9-14(21)15(20)23/h5,7,12-14,22H,3-4,6,8-11H2,1-2H3,(H,19,25)/b7-5-/t12-,13-,14+,18-/m1/s1. The third kappa shape index (κ3) is 3.42. The maximum atomic E-state index is 12.8. The van der Waals surface area contributed by atoms with Crippen molar-refractivity contribution in [2.75, 3.05) is 27.2 Å². The van der Waals surface area contributed by atoms with Gasteiger partial charge in [0.2, 0.25) is 5.91 Å².